The summed E-state index contributed by atoms with van der Waals surface area (Å²) in [6.45, 7) is 3.02. The van der Waals surface area contributed by atoms with E-state index in [1.807, 2.05) is 0 Å². The minimum Gasteiger partial charge on any atom is -0.381 e. The molecule has 0 aromatic heterocycles. The lowest BCUT2D eigenvalue weighted by Gasteiger charge is -1.98. The molecular formula is C13H26O. The fourth-order valence-corrected chi connectivity index (χ4v) is 1.50. The fraction of sp³-hybridized carbons (Fsp3) is 0.846. The van der Waals surface area contributed by atoms with Gasteiger partial charge in [0.25, 0.3) is 0 Å². The number of rotatable bonds is 10. The monoisotopic (exact) mass is 198 g/mol. The molecule has 0 N–H and O–H groups in total. The molecule has 0 aromatic carbocycles. The molecule has 0 rings (SSSR count). The van der Waals surface area contributed by atoms with Crippen molar-refractivity contribution in [3.05, 3.63) is 12.2 Å². The van der Waals surface area contributed by atoms with Crippen molar-refractivity contribution in [2.45, 2.75) is 58.3 Å². The maximum Gasteiger partial charge on any atom is 0.0643 e. The van der Waals surface area contributed by atoms with E-state index in [-0.39, 0.29) is 0 Å². The van der Waals surface area contributed by atoms with E-state index in [9.17, 15) is 0 Å². The Balaban J connectivity index is 2.91. The Bertz CT molecular complexity index is 118. The highest BCUT2D eigenvalue weighted by molar-refractivity contribution is 4.80. The van der Waals surface area contributed by atoms with Crippen LogP contribution in [0.25, 0.3) is 0 Å². The second kappa shape index (κ2) is 12.7. The van der Waals surface area contributed by atoms with Crippen molar-refractivity contribution in [1.82, 2.24) is 0 Å². The van der Waals surface area contributed by atoms with E-state index in [0.29, 0.717) is 0 Å². The van der Waals surface area contributed by atoms with Gasteiger partial charge < -0.3 is 4.74 Å². The van der Waals surface area contributed by atoms with Crippen molar-refractivity contribution in [3.8, 4) is 0 Å². The standard InChI is InChI=1S/C13H26O/c1-3-4-5-6-7-8-9-10-11-12-13-14-2/h11-12H,3-10,13H2,1-2H3. The highest BCUT2D eigenvalue weighted by Crippen LogP contribution is 2.08. The summed E-state index contributed by atoms with van der Waals surface area (Å²) in [5, 5.41) is 0. The Labute approximate surface area is 89.5 Å². The van der Waals surface area contributed by atoms with E-state index in [0.717, 1.165) is 6.61 Å². The van der Waals surface area contributed by atoms with E-state index in [4.69, 9.17) is 4.74 Å². The Morgan fingerprint density at radius 1 is 0.857 bits per heavy atom. The Hall–Kier alpha value is -0.300. The molecule has 1 nitrogen and oxygen atoms in total. The van der Waals surface area contributed by atoms with E-state index < -0.39 is 0 Å². The van der Waals surface area contributed by atoms with Crippen molar-refractivity contribution in [3.63, 3.8) is 0 Å². The van der Waals surface area contributed by atoms with Crippen LogP contribution >= 0.6 is 0 Å². The lowest BCUT2D eigenvalue weighted by atomic mass is 10.1. The largest absolute Gasteiger partial charge is 0.381 e. The topological polar surface area (TPSA) is 9.23 Å². The Kier molecular flexibility index (Phi) is 12.4. The van der Waals surface area contributed by atoms with Crippen molar-refractivity contribution < 1.29 is 4.74 Å². The summed E-state index contributed by atoms with van der Waals surface area (Å²) >= 11 is 0. The number of methoxy groups -OCH3 is 1. The van der Waals surface area contributed by atoms with Gasteiger partial charge in [0.2, 0.25) is 0 Å². The number of unbranched alkanes of at least 4 members (excludes halogenated alkanes) is 7. The molecule has 0 bridgehead atoms. The van der Waals surface area contributed by atoms with Gasteiger partial charge in [0.1, 0.15) is 0 Å². The lowest BCUT2D eigenvalue weighted by Crippen LogP contribution is -1.81. The molecule has 14 heavy (non-hydrogen) atoms. The second-order valence-electron chi connectivity index (χ2n) is 3.84. The van der Waals surface area contributed by atoms with Gasteiger partial charge in [-0.05, 0) is 12.8 Å². The van der Waals surface area contributed by atoms with Gasteiger partial charge in [0, 0.05) is 7.11 Å². The van der Waals surface area contributed by atoms with Crippen molar-refractivity contribution in [1.29, 1.82) is 0 Å². The summed E-state index contributed by atoms with van der Waals surface area (Å²) in [7, 11) is 1.73. The van der Waals surface area contributed by atoms with E-state index in [2.05, 4.69) is 19.1 Å². The maximum atomic E-state index is 4.93. The first-order chi connectivity index (χ1) is 6.91. The van der Waals surface area contributed by atoms with E-state index in [1.54, 1.807) is 7.11 Å². The minimum absolute atomic E-state index is 0.760. The van der Waals surface area contributed by atoms with Gasteiger partial charge in [-0.2, -0.15) is 0 Å². The van der Waals surface area contributed by atoms with Crippen LogP contribution in [0.15, 0.2) is 12.2 Å². The molecule has 0 radical (unpaired) electrons. The molecule has 0 unspecified atom stereocenters. The average Bonchev–Trinajstić information content (AvgIpc) is 2.21. The van der Waals surface area contributed by atoms with Crippen LogP contribution in [-0.2, 0) is 4.74 Å². The van der Waals surface area contributed by atoms with Gasteiger partial charge in [-0.3, -0.25) is 0 Å². The lowest BCUT2D eigenvalue weighted by molar-refractivity contribution is 0.233. The zero-order valence-corrected chi connectivity index (χ0v) is 9.93. The summed E-state index contributed by atoms with van der Waals surface area (Å²) in [5.74, 6) is 0. The van der Waals surface area contributed by atoms with Crippen LogP contribution in [0, 0.1) is 0 Å². The SMILES string of the molecule is CCCCCCCCCC=CCOC. The molecule has 0 atom stereocenters. The molecule has 0 saturated carbocycles. The zero-order valence-electron chi connectivity index (χ0n) is 9.93. The second-order valence-corrected chi connectivity index (χ2v) is 3.84. The summed E-state index contributed by atoms with van der Waals surface area (Å²) in [6.07, 6.45) is 15.3. The van der Waals surface area contributed by atoms with Crippen LogP contribution in [0.5, 0.6) is 0 Å². The van der Waals surface area contributed by atoms with Crippen LogP contribution < -0.4 is 0 Å². The fourth-order valence-electron chi connectivity index (χ4n) is 1.50. The van der Waals surface area contributed by atoms with Crippen LogP contribution in [0.2, 0.25) is 0 Å². The van der Waals surface area contributed by atoms with Crippen molar-refractivity contribution in [2.24, 2.45) is 0 Å². The minimum atomic E-state index is 0.760. The number of hydrogen-bond donors (Lipinski definition) is 0. The quantitative estimate of drug-likeness (QED) is 0.375. The van der Waals surface area contributed by atoms with E-state index >= 15 is 0 Å². The van der Waals surface area contributed by atoms with Crippen LogP contribution in [0.1, 0.15) is 58.3 Å². The third kappa shape index (κ3) is 11.7. The third-order valence-corrected chi connectivity index (χ3v) is 2.40. The van der Waals surface area contributed by atoms with Crippen LogP contribution in [0.4, 0.5) is 0 Å². The smallest absolute Gasteiger partial charge is 0.0643 e. The molecule has 0 saturated heterocycles. The predicted octanol–water partition coefficient (Wildman–Crippen LogP) is 4.33. The predicted molar refractivity (Wildman–Crippen MR) is 63.6 cm³/mol. The van der Waals surface area contributed by atoms with Gasteiger partial charge >= 0.3 is 0 Å². The van der Waals surface area contributed by atoms with Crippen molar-refractivity contribution in [2.75, 3.05) is 13.7 Å². The van der Waals surface area contributed by atoms with Gasteiger partial charge in [-0.25, -0.2) is 0 Å². The molecule has 84 valence electrons. The first kappa shape index (κ1) is 13.7. The first-order valence-corrected chi connectivity index (χ1v) is 6.05. The molecule has 1 heteroatoms. The summed E-state index contributed by atoms with van der Waals surface area (Å²) in [6, 6.07) is 0. The van der Waals surface area contributed by atoms with Gasteiger partial charge in [-0.1, -0.05) is 57.6 Å². The molecule has 0 aliphatic carbocycles. The molecule has 0 heterocycles. The maximum absolute atomic E-state index is 4.93. The number of ether oxygens (including phenoxy) is 1. The molecule has 0 aliphatic heterocycles. The van der Waals surface area contributed by atoms with Gasteiger partial charge in [0.05, 0.1) is 6.61 Å². The Morgan fingerprint density at radius 3 is 2.14 bits per heavy atom. The van der Waals surface area contributed by atoms with Crippen LogP contribution in [0.3, 0.4) is 0 Å². The van der Waals surface area contributed by atoms with Crippen molar-refractivity contribution >= 4 is 0 Å². The van der Waals surface area contributed by atoms with Gasteiger partial charge in [0.15, 0.2) is 0 Å². The molecule has 0 aliphatic rings. The number of hydrogen-bond acceptors (Lipinski definition) is 1. The van der Waals surface area contributed by atoms with Crippen LogP contribution in [-0.4, -0.2) is 13.7 Å². The third-order valence-electron chi connectivity index (χ3n) is 2.40. The molecule has 0 aromatic rings. The summed E-state index contributed by atoms with van der Waals surface area (Å²) in [5.41, 5.74) is 0. The number of allylic oxidation sites excluding steroid dienone is 1. The van der Waals surface area contributed by atoms with E-state index in [1.165, 1.54) is 51.4 Å². The highest BCUT2D eigenvalue weighted by Gasteiger charge is 1.88. The molecule has 0 spiro atoms. The zero-order chi connectivity index (χ0) is 10.5. The molecule has 0 fully saturated rings. The highest BCUT2D eigenvalue weighted by atomic mass is 16.5. The average molecular weight is 198 g/mol. The summed E-state index contributed by atoms with van der Waals surface area (Å²) < 4.78 is 4.93. The normalized spacial score (nSPS) is 11.3. The summed E-state index contributed by atoms with van der Waals surface area (Å²) in [4.78, 5) is 0. The Morgan fingerprint density at radius 2 is 1.50 bits per heavy atom. The molecule has 0 amide bonds. The molecular weight excluding hydrogens is 172 g/mol. The van der Waals surface area contributed by atoms with Gasteiger partial charge in [-0.15, -0.1) is 0 Å². The first-order valence-electron chi connectivity index (χ1n) is 6.05.